The number of piperazine rings is 1. The van der Waals surface area contributed by atoms with Gasteiger partial charge in [-0.15, -0.1) is 0 Å². The van der Waals surface area contributed by atoms with Gasteiger partial charge in [0.1, 0.15) is 11.9 Å². The predicted octanol–water partition coefficient (Wildman–Crippen LogP) is 1.41. The van der Waals surface area contributed by atoms with E-state index >= 15 is 0 Å². The van der Waals surface area contributed by atoms with E-state index in [1.807, 2.05) is 24.3 Å². The van der Waals surface area contributed by atoms with Crippen molar-refractivity contribution in [2.45, 2.75) is 26.3 Å². The van der Waals surface area contributed by atoms with Gasteiger partial charge in [0.05, 0.1) is 13.5 Å². The summed E-state index contributed by atoms with van der Waals surface area (Å²) in [6.07, 6.45) is 1.87. The van der Waals surface area contributed by atoms with Crippen LogP contribution in [0.1, 0.15) is 17.8 Å². The van der Waals surface area contributed by atoms with Gasteiger partial charge in [0.2, 0.25) is 17.6 Å². The van der Waals surface area contributed by atoms with Crippen molar-refractivity contribution in [3.63, 3.8) is 0 Å². The number of nitrogens with zero attached hydrogens (tertiary/aromatic N) is 5. The number of aryl methyl sites for hydroxylation is 2. The lowest BCUT2D eigenvalue weighted by molar-refractivity contribution is -0.389. The van der Waals surface area contributed by atoms with Crippen LogP contribution >= 0.6 is 0 Å². The molecule has 1 fully saturated rings. The molecule has 3 rings (SSSR count). The summed E-state index contributed by atoms with van der Waals surface area (Å²) in [6, 6.07) is 7.43. The average Bonchev–Trinajstić information content (AvgIpc) is 3.13. The predicted molar refractivity (Wildman–Crippen MR) is 108 cm³/mol. The van der Waals surface area contributed by atoms with Crippen LogP contribution in [0.25, 0.3) is 0 Å². The number of ether oxygens (including phenoxy) is 1. The van der Waals surface area contributed by atoms with Crippen molar-refractivity contribution in [2.75, 3.05) is 33.3 Å². The summed E-state index contributed by atoms with van der Waals surface area (Å²) in [7, 11) is 1.59. The Balaban J connectivity index is 1.47. The van der Waals surface area contributed by atoms with E-state index in [2.05, 4.69) is 4.98 Å². The van der Waals surface area contributed by atoms with Gasteiger partial charge in [0, 0.05) is 46.1 Å². The summed E-state index contributed by atoms with van der Waals surface area (Å²) in [4.78, 5) is 42.7. The van der Waals surface area contributed by atoms with Crippen LogP contribution in [-0.2, 0) is 22.6 Å². The third kappa shape index (κ3) is 5.13. The van der Waals surface area contributed by atoms with E-state index < -0.39 is 4.92 Å². The van der Waals surface area contributed by atoms with Gasteiger partial charge in [-0.1, -0.05) is 12.1 Å². The molecule has 10 nitrogen and oxygen atoms in total. The van der Waals surface area contributed by atoms with Crippen molar-refractivity contribution >= 4 is 17.6 Å². The van der Waals surface area contributed by atoms with Crippen molar-refractivity contribution in [1.82, 2.24) is 19.4 Å². The van der Waals surface area contributed by atoms with E-state index in [0.29, 0.717) is 50.7 Å². The van der Waals surface area contributed by atoms with E-state index in [1.165, 1.54) is 6.20 Å². The van der Waals surface area contributed by atoms with Crippen LogP contribution in [0.15, 0.2) is 30.5 Å². The number of hydrogen-bond donors (Lipinski definition) is 0. The molecule has 2 amide bonds. The maximum Gasteiger partial charge on any atom is 0.381 e. The molecule has 1 aliphatic rings. The smallest absolute Gasteiger partial charge is 0.381 e. The molecule has 1 aromatic carbocycles. The molecule has 0 radical (unpaired) electrons. The first-order chi connectivity index (χ1) is 14.4. The molecule has 0 bridgehead atoms. The standard InChI is InChI=1S/C20H25N5O5/c1-15-21-18(25(28)29)14-24(15)7-6-19(26)22-8-10-23(11-9-22)20(27)13-16-4-3-5-17(12-16)30-2/h3-5,12,14H,6-11,13H2,1-2H3. The molecular weight excluding hydrogens is 390 g/mol. The molecule has 0 spiro atoms. The Bertz CT molecular complexity index is 933. The van der Waals surface area contributed by atoms with E-state index in [9.17, 15) is 19.7 Å². The molecule has 160 valence electrons. The second-order valence-electron chi connectivity index (χ2n) is 7.14. The topological polar surface area (TPSA) is 111 Å². The van der Waals surface area contributed by atoms with Crippen LogP contribution < -0.4 is 4.74 Å². The fourth-order valence-electron chi connectivity index (χ4n) is 3.45. The summed E-state index contributed by atoms with van der Waals surface area (Å²) in [6.45, 7) is 3.94. The SMILES string of the molecule is COc1cccc(CC(=O)N2CCN(C(=O)CCn3cc([N+](=O)[O-])nc3C)CC2)c1. The van der Waals surface area contributed by atoms with E-state index in [-0.39, 0.29) is 24.1 Å². The minimum Gasteiger partial charge on any atom is -0.497 e. The first-order valence-electron chi connectivity index (χ1n) is 9.74. The second-order valence-corrected chi connectivity index (χ2v) is 7.14. The fourth-order valence-corrected chi connectivity index (χ4v) is 3.45. The number of carbonyl (C=O) groups excluding carboxylic acids is 2. The van der Waals surface area contributed by atoms with Gasteiger partial charge in [0.15, 0.2) is 0 Å². The van der Waals surface area contributed by atoms with Gasteiger partial charge in [-0.3, -0.25) is 9.59 Å². The van der Waals surface area contributed by atoms with Crippen molar-refractivity contribution in [3.8, 4) is 5.75 Å². The van der Waals surface area contributed by atoms with E-state index in [0.717, 1.165) is 5.56 Å². The Labute approximate surface area is 174 Å². The number of methoxy groups -OCH3 is 1. The van der Waals surface area contributed by atoms with Gasteiger partial charge >= 0.3 is 5.82 Å². The third-order valence-corrected chi connectivity index (χ3v) is 5.19. The molecule has 1 saturated heterocycles. The van der Waals surface area contributed by atoms with Crippen LogP contribution in [0, 0.1) is 17.0 Å². The average molecular weight is 415 g/mol. The van der Waals surface area contributed by atoms with Crippen LogP contribution in [0.4, 0.5) is 5.82 Å². The second kappa shape index (κ2) is 9.38. The quantitative estimate of drug-likeness (QED) is 0.499. The summed E-state index contributed by atoms with van der Waals surface area (Å²) in [5, 5.41) is 10.8. The summed E-state index contributed by atoms with van der Waals surface area (Å²) in [5.41, 5.74) is 0.891. The molecule has 1 aliphatic heterocycles. The highest BCUT2D eigenvalue weighted by atomic mass is 16.6. The van der Waals surface area contributed by atoms with Gasteiger partial charge in [-0.2, -0.15) is 0 Å². The normalized spacial score (nSPS) is 13.9. The largest absolute Gasteiger partial charge is 0.497 e. The molecular formula is C20H25N5O5. The highest BCUT2D eigenvalue weighted by Crippen LogP contribution is 2.15. The zero-order valence-corrected chi connectivity index (χ0v) is 17.1. The molecule has 1 aromatic heterocycles. The highest BCUT2D eigenvalue weighted by Gasteiger charge is 2.24. The molecule has 30 heavy (non-hydrogen) atoms. The lowest BCUT2D eigenvalue weighted by atomic mass is 10.1. The van der Waals surface area contributed by atoms with Crippen molar-refractivity contribution < 1.29 is 19.2 Å². The Kier molecular flexibility index (Phi) is 6.65. The van der Waals surface area contributed by atoms with E-state index in [1.54, 1.807) is 28.4 Å². The molecule has 0 saturated carbocycles. The highest BCUT2D eigenvalue weighted by molar-refractivity contribution is 5.80. The molecule has 10 heteroatoms. The number of benzene rings is 1. The molecule has 2 heterocycles. The maximum atomic E-state index is 12.6. The number of rotatable bonds is 7. The monoisotopic (exact) mass is 415 g/mol. The molecule has 0 unspecified atom stereocenters. The Morgan fingerprint density at radius 3 is 2.43 bits per heavy atom. The first kappa shape index (κ1) is 21.3. The molecule has 0 N–H and O–H groups in total. The summed E-state index contributed by atoms with van der Waals surface area (Å²) >= 11 is 0. The third-order valence-electron chi connectivity index (χ3n) is 5.19. The van der Waals surface area contributed by atoms with Crippen molar-refractivity contribution in [3.05, 3.63) is 52.0 Å². The fraction of sp³-hybridized carbons (Fsp3) is 0.450. The van der Waals surface area contributed by atoms with Crippen LogP contribution in [-0.4, -0.2) is 69.4 Å². The van der Waals surface area contributed by atoms with Gasteiger partial charge < -0.3 is 29.2 Å². The summed E-state index contributed by atoms with van der Waals surface area (Å²) < 4.78 is 6.80. The van der Waals surface area contributed by atoms with Crippen LogP contribution in [0.5, 0.6) is 5.75 Å². The van der Waals surface area contributed by atoms with Gasteiger partial charge in [-0.25, -0.2) is 0 Å². The van der Waals surface area contributed by atoms with Crippen LogP contribution in [0.3, 0.4) is 0 Å². The number of carbonyl (C=O) groups is 2. The van der Waals surface area contributed by atoms with Gasteiger partial charge in [0.25, 0.3) is 0 Å². The maximum absolute atomic E-state index is 12.6. The Morgan fingerprint density at radius 1 is 1.17 bits per heavy atom. The minimum absolute atomic E-state index is 0.0247. The first-order valence-corrected chi connectivity index (χ1v) is 9.74. The molecule has 2 aromatic rings. The van der Waals surface area contributed by atoms with Crippen LogP contribution in [0.2, 0.25) is 0 Å². The zero-order chi connectivity index (χ0) is 21.7. The Morgan fingerprint density at radius 2 is 1.83 bits per heavy atom. The Hall–Kier alpha value is -3.43. The number of aromatic nitrogens is 2. The number of nitro groups is 1. The number of hydrogen-bond acceptors (Lipinski definition) is 6. The lowest BCUT2D eigenvalue weighted by Gasteiger charge is -2.35. The summed E-state index contributed by atoms with van der Waals surface area (Å²) in [5.74, 6) is 0.988. The van der Waals surface area contributed by atoms with Gasteiger partial charge in [-0.05, 0) is 27.6 Å². The molecule has 0 atom stereocenters. The minimum atomic E-state index is -0.549. The number of imidazole rings is 1. The number of amides is 2. The van der Waals surface area contributed by atoms with Crippen molar-refractivity contribution in [1.29, 1.82) is 0 Å². The zero-order valence-electron chi connectivity index (χ0n) is 17.1. The lowest BCUT2D eigenvalue weighted by Crippen LogP contribution is -2.51. The van der Waals surface area contributed by atoms with Crippen molar-refractivity contribution in [2.24, 2.45) is 0 Å². The molecule has 0 aliphatic carbocycles. The van der Waals surface area contributed by atoms with E-state index in [4.69, 9.17) is 4.74 Å².